The molecule has 1 aliphatic heterocycles. The molecule has 1 fully saturated rings. The third-order valence-electron chi connectivity index (χ3n) is 5.02. The molecule has 1 amide bonds. The molecular formula is C19H23N5O3. The summed E-state index contributed by atoms with van der Waals surface area (Å²) < 4.78 is 10.5. The zero-order chi connectivity index (χ0) is 19.0. The Balaban J connectivity index is 1.68. The highest BCUT2D eigenvalue weighted by atomic mass is 16.5. The van der Waals surface area contributed by atoms with Crippen LogP contribution in [-0.2, 0) is 0 Å². The quantitative estimate of drug-likeness (QED) is 0.692. The van der Waals surface area contributed by atoms with Crippen LogP contribution in [0.1, 0.15) is 79.3 Å². The first-order chi connectivity index (χ1) is 13.0. The summed E-state index contributed by atoms with van der Waals surface area (Å²) in [6.45, 7) is 6.52. The van der Waals surface area contributed by atoms with Gasteiger partial charge in [0.25, 0.3) is 11.6 Å². The fraction of sp³-hybridized carbons (Fsp3) is 0.526. The molecule has 8 heteroatoms. The van der Waals surface area contributed by atoms with E-state index in [-0.39, 0.29) is 17.9 Å². The highest BCUT2D eigenvalue weighted by Crippen LogP contribution is 2.31. The molecule has 0 N–H and O–H groups in total. The van der Waals surface area contributed by atoms with Gasteiger partial charge in [-0.3, -0.25) is 4.79 Å². The molecule has 0 unspecified atom stereocenters. The predicted octanol–water partition coefficient (Wildman–Crippen LogP) is 3.80. The zero-order valence-corrected chi connectivity index (χ0v) is 15.8. The van der Waals surface area contributed by atoms with Crippen LogP contribution in [0.4, 0.5) is 0 Å². The van der Waals surface area contributed by atoms with Crippen LogP contribution in [0.25, 0.3) is 11.1 Å². The third kappa shape index (κ3) is 3.31. The maximum atomic E-state index is 13.3. The summed E-state index contributed by atoms with van der Waals surface area (Å²) in [5.41, 5.74) is 1.68. The van der Waals surface area contributed by atoms with E-state index in [0.717, 1.165) is 36.8 Å². The van der Waals surface area contributed by atoms with E-state index in [1.807, 2.05) is 25.7 Å². The molecular weight excluding hydrogens is 346 g/mol. The monoisotopic (exact) mass is 369 g/mol. The molecule has 1 saturated heterocycles. The van der Waals surface area contributed by atoms with E-state index in [0.29, 0.717) is 29.5 Å². The van der Waals surface area contributed by atoms with Gasteiger partial charge in [-0.1, -0.05) is 37.0 Å². The number of amides is 1. The number of likely N-dealkylation sites (tertiary alicyclic amines) is 1. The van der Waals surface area contributed by atoms with Crippen molar-refractivity contribution in [3.8, 4) is 0 Å². The number of rotatable bonds is 3. The molecule has 4 heterocycles. The van der Waals surface area contributed by atoms with Crippen LogP contribution < -0.4 is 0 Å². The largest absolute Gasteiger partial charge is 0.339 e. The minimum atomic E-state index is -0.185. The summed E-state index contributed by atoms with van der Waals surface area (Å²) in [5, 5.41) is 8.83. The van der Waals surface area contributed by atoms with Crippen LogP contribution in [0.5, 0.6) is 0 Å². The Morgan fingerprint density at radius 1 is 1.22 bits per heavy atom. The van der Waals surface area contributed by atoms with E-state index >= 15 is 0 Å². The Labute approximate surface area is 156 Å². The summed E-state index contributed by atoms with van der Waals surface area (Å²) in [5.74, 6) is 1.27. The van der Waals surface area contributed by atoms with Crippen molar-refractivity contribution in [3.05, 3.63) is 35.2 Å². The number of aromatic nitrogens is 4. The maximum Gasteiger partial charge on any atom is 0.257 e. The molecule has 4 rings (SSSR count). The molecule has 0 saturated carbocycles. The summed E-state index contributed by atoms with van der Waals surface area (Å²) in [6, 6.07) is 1.62. The number of hydrogen-bond acceptors (Lipinski definition) is 7. The maximum absolute atomic E-state index is 13.3. The lowest BCUT2D eigenvalue weighted by Gasteiger charge is -2.27. The number of fused-ring (bicyclic) bond motifs is 1. The van der Waals surface area contributed by atoms with Crippen LogP contribution in [0.15, 0.2) is 21.3 Å². The Hall–Kier alpha value is -2.77. The smallest absolute Gasteiger partial charge is 0.257 e. The second kappa shape index (κ2) is 7.09. The molecule has 8 nitrogen and oxygen atoms in total. The minimum Gasteiger partial charge on any atom is -0.339 e. The molecule has 27 heavy (non-hydrogen) atoms. The van der Waals surface area contributed by atoms with Gasteiger partial charge >= 0.3 is 0 Å². The normalized spacial score (nSPS) is 18.2. The van der Waals surface area contributed by atoms with Crippen LogP contribution in [0.2, 0.25) is 0 Å². The highest BCUT2D eigenvalue weighted by molar-refractivity contribution is 5.97. The van der Waals surface area contributed by atoms with E-state index in [1.54, 1.807) is 12.3 Å². The van der Waals surface area contributed by atoms with Crippen molar-refractivity contribution in [1.29, 1.82) is 0 Å². The fourth-order valence-electron chi connectivity index (χ4n) is 3.46. The molecule has 1 aliphatic rings. The third-order valence-corrected chi connectivity index (χ3v) is 5.02. The van der Waals surface area contributed by atoms with Crippen molar-refractivity contribution in [1.82, 2.24) is 25.2 Å². The molecule has 0 aromatic carbocycles. The van der Waals surface area contributed by atoms with Gasteiger partial charge in [-0.15, -0.1) is 0 Å². The Bertz CT molecular complexity index is 961. The van der Waals surface area contributed by atoms with Gasteiger partial charge in [-0.2, -0.15) is 4.98 Å². The molecule has 1 atom stereocenters. The predicted molar refractivity (Wildman–Crippen MR) is 97.2 cm³/mol. The van der Waals surface area contributed by atoms with E-state index < -0.39 is 0 Å². The second-order valence-corrected chi connectivity index (χ2v) is 7.35. The number of carbonyl (C=O) groups is 1. The summed E-state index contributed by atoms with van der Waals surface area (Å²) in [6.07, 6.45) is 5.44. The molecule has 3 aromatic heterocycles. The number of carbonyl (C=O) groups excluding carboxylic acids is 1. The van der Waals surface area contributed by atoms with Crippen molar-refractivity contribution in [2.45, 2.75) is 58.4 Å². The van der Waals surface area contributed by atoms with Crippen molar-refractivity contribution >= 4 is 17.0 Å². The van der Waals surface area contributed by atoms with Gasteiger partial charge in [-0.05, 0) is 25.8 Å². The van der Waals surface area contributed by atoms with Gasteiger partial charge in [0.05, 0.1) is 22.7 Å². The minimum absolute atomic E-state index is 0.0761. The average molecular weight is 369 g/mol. The van der Waals surface area contributed by atoms with Crippen molar-refractivity contribution in [2.75, 3.05) is 6.54 Å². The summed E-state index contributed by atoms with van der Waals surface area (Å²) >= 11 is 0. The molecule has 0 bridgehead atoms. The zero-order valence-electron chi connectivity index (χ0n) is 15.8. The second-order valence-electron chi connectivity index (χ2n) is 7.35. The molecule has 0 radical (unpaired) electrons. The molecule has 0 spiro atoms. The summed E-state index contributed by atoms with van der Waals surface area (Å²) in [7, 11) is 0. The number of hydrogen-bond donors (Lipinski definition) is 0. The van der Waals surface area contributed by atoms with Crippen molar-refractivity contribution in [2.24, 2.45) is 0 Å². The van der Waals surface area contributed by atoms with Gasteiger partial charge < -0.3 is 13.9 Å². The van der Waals surface area contributed by atoms with E-state index in [2.05, 4.69) is 20.3 Å². The van der Waals surface area contributed by atoms with Gasteiger partial charge in [0.1, 0.15) is 0 Å². The van der Waals surface area contributed by atoms with Crippen LogP contribution in [-0.4, -0.2) is 37.6 Å². The number of aryl methyl sites for hydroxylation is 1. The fourth-order valence-corrected chi connectivity index (χ4v) is 3.46. The molecule has 142 valence electrons. The number of nitrogens with zero attached hydrogens (tertiary/aromatic N) is 5. The lowest BCUT2D eigenvalue weighted by molar-refractivity contribution is 0.0670. The van der Waals surface area contributed by atoms with E-state index in [9.17, 15) is 4.79 Å². The first-order valence-corrected chi connectivity index (χ1v) is 9.41. The van der Waals surface area contributed by atoms with Crippen molar-refractivity contribution < 1.29 is 13.8 Å². The standard InChI is InChI=1S/C19H23N5O3/c1-11(2)17-21-16(23-26-17)15-7-5-4-6-8-24(15)19(25)13-9-14-12(3)22-27-18(14)20-10-13/h9-11,15H,4-8H2,1-3H3/t15-/m0/s1. The lowest BCUT2D eigenvalue weighted by atomic mass is 10.1. The Morgan fingerprint density at radius 3 is 2.85 bits per heavy atom. The highest BCUT2D eigenvalue weighted by Gasteiger charge is 2.31. The Morgan fingerprint density at radius 2 is 2.07 bits per heavy atom. The first kappa shape index (κ1) is 17.6. The number of pyridine rings is 1. The van der Waals surface area contributed by atoms with E-state index in [1.165, 1.54) is 0 Å². The topological polar surface area (TPSA) is 98.2 Å². The van der Waals surface area contributed by atoms with Crippen LogP contribution >= 0.6 is 0 Å². The Kier molecular flexibility index (Phi) is 4.63. The van der Waals surface area contributed by atoms with Crippen LogP contribution in [0, 0.1) is 6.92 Å². The molecule has 3 aromatic rings. The van der Waals surface area contributed by atoms with Gasteiger partial charge in [-0.25, -0.2) is 4.98 Å². The summed E-state index contributed by atoms with van der Waals surface area (Å²) in [4.78, 5) is 23.9. The average Bonchev–Trinajstić information content (AvgIpc) is 3.22. The van der Waals surface area contributed by atoms with Gasteiger partial charge in [0.15, 0.2) is 5.82 Å². The molecule has 0 aliphatic carbocycles. The first-order valence-electron chi connectivity index (χ1n) is 9.41. The van der Waals surface area contributed by atoms with Gasteiger partial charge in [0, 0.05) is 18.7 Å². The van der Waals surface area contributed by atoms with Crippen LogP contribution in [0.3, 0.4) is 0 Å². The van der Waals surface area contributed by atoms with Gasteiger partial charge in [0.2, 0.25) is 5.89 Å². The lowest BCUT2D eigenvalue weighted by Crippen LogP contribution is -2.35. The SMILES string of the molecule is Cc1noc2ncc(C(=O)N3CCCCC[C@H]3c3noc(C(C)C)n3)cc12. The van der Waals surface area contributed by atoms with E-state index in [4.69, 9.17) is 9.05 Å². The van der Waals surface area contributed by atoms with Crippen molar-refractivity contribution in [3.63, 3.8) is 0 Å².